The molecule has 1 heterocycles. The van der Waals surface area contributed by atoms with Crippen molar-refractivity contribution >= 4 is 5.69 Å². The molecule has 1 fully saturated rings. The SMILES string of the molecule is CCC1CCCN1C1CCc2cc(N)ccc21. The zero-order valence-electron chi connectivity index (χ0n) is 10.7. The van der Waals surface area contributed by atoms with Gasteiger partial charge in [0.1, 0.15) is 0 Å². The van der Waals surface area contributed by atoms with Crippen molar-refractivity contribution in [3.8, 4) is 0 Å². The van der Waals surface area contributed by atoms with Crippen LogP contribution in [0.4, 0.5) is 5.69 Å². The second kappa shape index (κ2) is 4.34. The van der Waals surface area contributed by atoms with Crippen LogP contribution < -0.4 is 5.73 Å². The maximum atomic E-state index is 5.87. The van der Waals surface area contributed by atoms with Gasteiger partial charge in [-0.15, -0.1) is 0 Å². The minimum absolute atomic E-state index is 0.665. The molecule has 17 heavy (non-hydrogen) atoms. The van der Waals surface area contributed by atoms with Gasteiger partial charge in [0.25, 0.3) is 0 Å². The van der Waals surface area contributed by atoms with Gasteiger partial charge >= 0.3 is 0 Å². The van der Waals surface area contributed by atoms with E-state index in [0.29, 0.717) is 6.04 Å². The van der Waals surface area contributed by atoms with E-state index >= 15 is 0 Å². The van der Waals surface area contributed by atoms with Gasteiger partial charge in [-0.2, -0.15) is 0 Å². The van der Waals surface area contributed by atoms with Crippen LogP contribution in [0.15, 0.2) is 18.2 Å². The Morgan fingerprint density at radius 2 is 2.24 bits per heavy atom. The van der Waals surface area contributed by atoms with Crippen molar-refractivity contribution in [3.63, 3.8) is 0 Å². The van der Waals surface area contributed by atoms with E-state index in [1.165, 1.54) is 44.2 Å². The van der Waals surface area contributed by atoms with Crippen LogP contribution in [0.1, 0.15) is 49.8 Å². The summed E-state index contributed by atoms with van der Waals surface area (Å²) in [6.07, 6.45) is 6.55. The molecule has 0 radical (unpaired) electrons. The summed E-state index contributed by atoms with van der Waals surface area (Å²) < 4.78 is 0. The highest BCUT2D eigenvalue weighted by molar-refractivity contribution is 5.47. The molecule has 0 saturated carbocycles. The Morgan fingerprint density at radius 1 is 1.35 bits per heavy atom. The normalized spacial score (nSPS) is 28.5. The highest BCUT2D eigenvalue weighted by Gasteiger charge is 2.34. The number of aryl methyl sites for hydroxylation is 1. The van der Waals surface area contributed by atoms with Crippen LogP contribution in [0.25, 0.3) is 0 Å². The summed E-state index contributed by atoms with van der Waals surface area (Å²) in [5, 5.41) is 0. The number of nitrogens with two attached hydrogens (primary N) is 1. The Balaban J connectivity index is 1.88. The molecule has 2 heteroatoms. The van der Waals surface area contributed by atoms with Crippen molar-refractivity contribution in [1.82, 2.24) is 4.90 Å². The largest absolute Gasteiger partial charge is 0.399 e. The molecule has 0 amide bonds. The number of nitrogen functional groups attached to an aromatic ring is 1. The first-order chi connectivity index (χ1) is 8.29. The zero-order valence-corrected chi connectivity index (χ0v) is 10.7. The van der Waals surface area contributed by atoms with Crippen molar-refractivity contribution in [2.45, 2.75) is 51.1 Å². The number of hydrogen-bond donors (Lipinski definition) is 1. The van der Waals surface area contributed by atoms with E-state index in [9.17, 15) is 0 Å². The number of anilines is 1. The van der Waals surface area contributed by atoms with Gasteiger partial charge < -0.3 is 5.73 Å². The molecule has 0 aromatic heterocycles. The van der Waals surface area contributed by atoms with Gasteiger partial charge in [0.05, 0.1) is 0 Å². The van der Waals surface area contributed by atoms with Gasteiger partial charge in [0.2, 0.25) is 0 Å². The molecule has 1 aromatic carbocycles. The van der Waals surface area contributed by atoms with E-state index in [1.807, 2.05) is 0 Å². The lowest BCUT2D eigenvalue weighted by Crippen LogP contribution is -2.31. The monoisotopic (exact) mass is 230 g/mol. The summed E-state index contributed by atoms with van der Waals surface area (Å²) in [6, 6.07) is 7.97. The van der Waals surface area contributed by atoms with Crippen LogP contribution >= 0.6 is 0 Å². The number of hydrogen-bond acceptors (Lipinski definition) is 2. The lowest BCUT2D eigenvalue weighted by Gasteiger charge is -2.30. The fourth-order valence-electron chi connectivity index (χ4n) is 3.67. The summed E-state index contributed by atoms with van der Waals surface area (Å²) in [6.45, 7) is 3.61. The number of fused-ring (bicyclic) bond motifs is 1. The molecule has 2 N–H and O–H groups in total. The van der Waals surface area contributed by atoms with Crippen LogP contribution in [0.3, 0.4) is 0 Å². The standard InChI is InChI=1S/C15H22N2/c1-2-13-4-3-9-17(13)15-8-5-11-10-12(16)6-7-14(11)15/h6-7,10,13,15H,2-5,8-9,16H2,1H3. The Hall–Kier alpha value is -1.02. The van der Waals surface area contributed by atoms with Crippen molar-refractivity contribution in [1.29, 1.82) is 0 Å². The molecule has 2 atom stereocenters. The van der Waals surface area contributed by atoms with E-state index in [0.717, 1.165) is 11.7 Å². The summed E-state index contributed by atoms with van der Waals surface area (Å²) in [5.41, 5.74) is 9.81. The topological polar surface area (TPSA) is 29.3 Å². The van der Waals surface area contributed by atoms with Crippen LogP contribution in [-0.2, 0) is 6.42 Å². The van der Waals surface area contributed by atoms with Gasteiger partial charge in [-0.05, 0) is 61.9 Å². The minimum Gasteiger partial charge on any atom is -0.399 e. The summed E-state index contributed by atoms with van der Waals surface area (Å²) in [7, 11) is 0. The molecule has 1 saturated heterocycles. The first kappa shape index (κ1) is 11.1. The number of benzene rings is 1. The van der Waals surface area contributed by atoms with E-state index in [1.54, 1.807) is 5.56 Å². The van der Waals surface area contributed by atoms with E-state index < -0.39 is 0 Å². The maximum Gasteiger partial charge on any atom is 0.0356 e. The fourth-order valence-corrected chi connectivity index (χ4v) is 3.67. The third-order valence-electron chi connectivity index (χ3n) is 4.51. The minimum atomic E-state index is 0.665. The fraction of sp³-hybridized carbons (Fsp3) is 0.600. The van der Waals surface area contributed by atoms with Crippen LogP contribution in [0, 0.1) is 0 Å². The van der Waals surface area contributed by atoms with Crippen molar-refractivity contribution in [2.24, 2.45) is 0 Å². The Morgan fingerprint density at radius 3 is 3.06 bits per heavy atom. The second-order valence-electron chi connectivity index (χ2n) is 5.45. The van der Waals surface area contributed by atoms with Gasteiger partial charge in [-0.25, -0.2) is 0 Å². The number of rotatable bonds is 2. The number of likely N-dealkylation sites (tertiary alicyclic amines) is 1. The lowest BCUT2D eigenvalue weighted by atomic mass is 10.0. The maximum absolute atomic E-state index is 5.87. The third-order valence-corrected chi connectivity index (χ3v) is 4.51. The predicted octanol–water partition coefficient (Wildman–Crippen LogP) is 3.13. The van der Waals surface area contributed by atoms with Crippen LogP contribution in [-0.4, -0.2) is 17.5 Å². The van der Waals surface area contributed by atoms with E-state index in [2.05, 4.69) is 30.0 Å². The molecule has 2 aliphatic rings. The highest BCUT2D eigenvalue weighted by atomic mass is 15.2. The van der Waals surface area contributed by atoms with E-state index in [4.69, 9.17) is 5.73 Å². The molecule has 0 bridgehead atoms. The lowest BCUT2D eigenvalue weighted by molar-refractivity contribution is 0.176. The average Bonchev–Trinajstić information content (AvgIpc) is 2.92. The van der Waals surface area contributed by atoms with E-state index in [-0.39, 0.29) is 0 Å². The molecule has 2 unspecified atom stereocenters. The van der Waals surface area contributed by atoms with Crippen molar-refractivity contribution < 1.29 is 0 Å². The average molecular weight is 230 g/mol. The molecule has 2 nitrogen and oxygen atoms in total. The van der Waals surface area contributed by atoms with Crippen LogP contribution in [0.2, 0.25) is 0 Å². The summed E-state index contributed by atoms with van der Waals surface area (Å²) in [4.78, 5) is 2.74. The summed E-state index contributed by atoms with van der Waals surface area (Å²) in [5.74, 6) is 0. The second-order valence-corrected chi connectivity index (χ2v) is 5.45. The molecule has 92 valence electrons. The Kier molecular flexibility index (Phi) is 2.83. The molecule has 1 aliphatic heterocycles. The molecule has 1 aliphatic carbocycles. The molecule has 3 rings (SSSR count). The smallest absolute Gasteiger partial charge is 0.0356 e. The quantitative estimate of drug-likeness (QED) is 0.791. The molecular weight excluding hydrogens is 208 g/mol. The number of nitrogens with zero attached hydrogens (tertiary/aromatic N) is 1. The van der Waals surface area contributed by atoms with Gasteiger partial charge in [0.15, 0.2) is 0 Å². The third kappa shape index (κ3) is 1.85. The van der Waals surface area contributed by atoms with Gasteiger partial charge in [-0.1, -0.05) is 13.0 Å². The predicted molar refractivity (Wildman–Crippen MR) is 71.9 cm³/mol. The zero-order chi connectivity index (χ0) is 11.8. The molecule has 1 aromatic rings. The first-order valence-electron chi connectivity index (χ1n) is 6.93. The van der Waals surface area contributed by atoms with Crippen LogP contribution in [0.5, 0.6) is 0 Å². The van der Waals surface area contributed by atoms with Crippen molar-refractivity contribution in [2.75, 3.05) is 12.3 Å². The van der Waals surface area contributed by atoms with Gasteiger partial charge in [-0.3, -0.25) is 4.90 Å². The highest BCUT2D eigenvalue weighted by Crippen LogP contribution is 2.40. The first-order valence-corrected chi connectivity index (χ1v) is 6.93. The summed E-state index contributed by atoms with van der Waals surface area (Å²) >= 11 is 0. The van der Waals surface area contributed by atoms with Crippen molar-refractivity contribution in [3.05, 3.63) is 29.3 Å². The molecular formula is C15H22N2. The molecule has 0 spiro atoms. The Bertz CT molecular complexity index is 413. The van der Waals surface area contributed by atoms with Gasteiger partial charge in [0, 0.05) is 17.8 Å². The Labute approximate surface area is 104 Å².